The van der Waals surface area contributed by atoms with E-state index in [0.717, 1.165) is 37.6 Å². The van der Waals surface area contributed by atoms with E-state index in [1.165, 1.54) is 5.56 Å². The summed E-state index contributed by atoms with van der Waals surface area (Å²) in [6.45, 7) is 6.24. The SMILES string of the molecule is CC(c1ccc(NC(=O)NCc2ccccc2)cc1)N1CCOCC1. The molecule has 0 spiro atoms. The quantitative estimate of drug-likeness (QED) is 0.878. The number of morpholine rings is 1. The maximum Gasteiger partial charge on any atom is 0.319 e. The van der Waals surface area contributed by atoms with E-state index >= 15 is 0 Å². The topological polar surface area (TPSA) is 53.6 Å². The van der Waals surface area contributed by atoms with E-state index in [9.17, 15) is 4.79 Å². The van der Waals surface area contributed by atoms with Crippen LogP contribution in [-0.2, 0) is 11.3 Å². The van der Waals surface area contributed by atoms with Gasteiger partial charge < -0.3 is 15.4 Å². The molecule has 1 atom stereocenters. The molecular formula is C20H25N3O2. The second kappa shape index (κ2) is 8.65. The molecule has 1 aliphatic heterocycles. The summed E-state index contributed by atoms with van der Waals surface area (Å²) >= 11 is 0. The minimum Gasteiger partial charge on any atom is -0.379 e. The summed E-state index contributed by atoms with van der Waals surface area (Å²) in [4.78, 5) is 14.4. The van der Waals surface area contributed by atoms with Gasteiger partial charge in [0.15, 0.2) is 0 Å². The summed E-state index contributed by atoms with van der Waals surface area (Å²) in [5.41, 5.74) is 3.12. The molecular weight excluding hydrogens is 314 g/mol. The van der Waals surface area contributed by atoms with Crippen LogP contribution in [0.4, 0.5) is 10.5 Å². The van der Waals surface area contributed by atoms with Crippen LogP contribution in [0.15, 0.2) is 54.6 Å². The minimum atomic E-state index is -0.196. The van der Waals surface area contributed by atoms with Gasteiger partial charge in [0.1, 0.15) is 0 Å². The second-order valence-corrected chi connectivity index (χ2v) is 6.24. The van der Waals surface area contributed by atoms with Crippen molar-refractivity contribution in [1.82, 2.24) is 10.2 Å². The van der Waals surface area contributed by atoms with Gasteiger partial charge in [0.05, 0.1) is 13.2 Å². The molecule has 2 aromatic rings. The number of rotatable bonds is 5. The zero-order valence-electron chi connectivity index (χ0n) is 14.6. The van der Waals surface area contributed by atoms with Crippen molar-refractivity contribution < 1.29 is 9.53 Å². The Kier molecular flexibility index (Phi) is 6.04. The van der Waals surface area contributed by atoms with Gasteiger partial charge >= 0.3 is 6.03 Å². The van der Waals surface area contributed by atoms with E-state index in [4.69, 9.17) is 4.74 Å². The lowest BCUT2D eigenvalue weighted by atomic mass is 10.1. The van der Waals surface area contributed by atoms with E-state index in [2.05, 4.69) is 34.6 Å². The van der Waals surface area contributed by atoms with Gasteiger partial charge in [-0.25, -0.2) is 4.79 Å². The van der Waals surface area contributed by atoms with Crippen LogP contribution in [-0.4, -0.2) is 37.2 Å². The van der Waals surface area contributed by atoms with Gasteiger partial charge in [-0.15, -0.1) is 0 Å². The highest BCUT2D eigenvalue weighted by molar-refractivity contribution is 5.89. The van der Waals surface area contributed by atoms with Gasteiger partial charge in [-0.05, 0) is 30.2 Å². The van der Waals surface area contributed by atoms with Gasteiger partial charge in [0, 0.05) is 31.4 Å². The van der Waals surface area contributed by atoms with Crippen molar-refractivity contribution in [2.75, 3.05) is 31.6 Å². The predicted molar refractivity (Wildman–Crippen MR) is 99.5 cm³/mol. The number of hydrogen-bond donors (Lipinski definition) is 2. The number of nitrogens with one attached hydrogen (secondary N) is 2. The molecule has 1 saturated heterocycles. The molecule has 1 heterocycles. The molecule has 2 N–H and O–H groups in total. The van der Waals surface area contributed by atoms with Gasteiger partial charge in [0.2, 0.25) is 0 Å². The van der Waals surface area contributed by atoms with Crippen molar-refractivity contribution in [3.05, 3.63) is 65.7 Å². The molecule has 0 bridgehead atoms. The molecule has 0 radical (unpaired) electrons. The van der Waals surface area contributed by atoms with Crippen LogP contribution >= 0.6 is 0 Å². The molecule has 1 aliphatic rings. The van der Waals surface area contributed by atoms with Crippen molar-refractivity contribution in [2.45, 2.75) is 19.5 Å². The van der Waals surface area contributed by atoms with E-state index < -0.39 is 0 Å². The lowest BCUT2D eigenvalue weighted by molar-refractivity contribution is 0.0198. The summed E-state index contributed by atoms with van der Waals surface area (Å²) in [6.07, 6.45) is 0. The Morgan fingerprint density at radius 2 is 1.76 bits per heavy atom. The largest absolute Gasteiger partial charge is 0.379 e. The highest BCUT2D eigenvalue weighted by Crippen LogP contribution is 2.22. The van der Waals surface area contributed by atoms with Crippen LogP contribution in [0.1, 0.15) is 24.1 Å². The predicted octanol–water partition coefficient (Wildman–Crippen LogP) is 3.40. The van der Waals surface area contributed by atoms with Gasteiger partial charge in [-0.2, -0.15) is 0 Å². The van der Waals surface area contributed by atoms with Gasteiger partial charge in [-0.1, -0.05) is 42.5 Å². The standard InChI is InChI=1S/C20H25N3O2/c1-16(23-11-13-25-14-12-23)18-7-9-19(10-8-18)22-20(24)21-15-17-5-3-2-4-6-17/h2-10,16H,11-15H2,1H3,(H2,21,22,24). The molecule has 0 aliphatic carbocycles. The first-order valence-corrected chi connectivity index (χ1v) is 8.73. The number of hydrogen-bond acceptors (Lipinski definition) is 3. The fourth-order valence-corrected chi connectivity index (χ4v) is 2.97. The number of ether oxygens (including phenoxy) is 1. The molecule has 2 aromatic carbocycles. The number of nitrogens with zero attached hydrogens (tertiary/aromatic N) is 1. The molecule has 132 valence electrons. The molecule has 0 aromatic heterocycles. The Labute approximate surface area is 149 Å². The monoisotopic (exact) mass is 339 g/mol. The maximum absolute atomic E-state index is 12.0. The average molecular weight is 339 g/mol. The Morgan fingerprint density at radius 3 is 2.44 bits per heavy atom. The number of carbonyl (C=O) groups is 1. The van der Waals surface area contributed by atoms with Crippen molar-refractivity contribution in [3.63, 3.8) is 0 Å². The Hall–Kier alpha value is -2.37. The third kappa shape index (κ3) is 5.05. The number of benzene rings is 2. The van der Waals surface area contributed by atoms with Crippen molar-refractivity contribution in [3.8, 4) is 0 Å². The highest BCUT2D eigenvalue weighted by atomic mass is 16.5. The molecule has 5 nitrogen and oxygen atoms in total. The van der Waals surface area contributed by atoms with Crippen LogP contribution in [0.3, 0.4) is 0 Å². The smallest absolute Gasteiger partial charge is 0.319 e. The van der Waals surface area contributed by atoms with Gasteiger partial charge in [0.25, 0.3) is 0 Å². The normalized spacial score (nSPS) is 16.2. The number of carbonyl (C=O) groups excluding carboxylic acids is 1. The molecule has 1 unspecified atom stereocenters. The van der Waals surface area contributed by atoms with E-state index in [-0.39, 0.29) is 6.03 Å². The zero-order chi connectivity index (χ0) is 17.5. The number of amides is 2. The van der Waals surface area contributed by atoms with Crippen molar-refractivity contribution in [1.29, 1.82) is 0 Å². The molecule has 5 heteroatoms. The summed E-state index contributed by atoms with van der Waals surface area (Å²) < 4.78 is 5.41. The number of urea groups is 1. The van der Waals surface area contributed by atoms with Crippen LogP contribution in [0, 0.1) is 0 Å². The summed E-state index contributed by atoms with van der Waals surface area (Å²) in [6, 6.07) is 18.1. The van der Waals surface area contributed by atoms with Crippen molar-refractivity contribution >= 4 is 11.7 Å². The number of anilines is 1. The van der Waals surface area contributed by atoms with Crippen LogP contribution < -0.4 is 10.6 Å². The maximum atomic E-state index is 12.0. The molecule has 1 fully saturated rings. The summed E-state index contributed by atoms with van der Waals surface area (Å²) in [5.74, 6) is 0. The average Bonchev–Trinajstić information content (AvgIpc) is 2.68. The third-order valence-corrected chi connectivity index (χ3v) is 4.54. The summed E-state index contributed by atoms with van der Waals surface area (Å²) in [5, 5.41) is 5.74. The molecule has 25 heavy (non-hydrogen) atoms. The summed E-state index contributed by atoms with van der Waals surface area (Å²) in [7, 11) is 0. The highest BCUT2D eigenvalue weighted by Gasteiger charge is 2.18. The first kappa shape index (κ1) is 17.5. The molecule has 3 rings (SSSR count). The van der Waals surface area contributed by atoms with Crippen molar-refractivity contribution in [2.24, 2.45) is 0 Å². The van der Waals surface area contributed by atoms with Gasteiger partial charge in [-0.3, -0.25) is 4.90 Å². The minimum absolute atomic E-state index is 0.196. The lowest BCUT2D eigenvalue weighted by Crippen LogP contribution is -2.38. The Morgan fingerprint density at radius 1 is 1.08 bits per heavy atom. The first-order valence-electron chi connectivity index (χ1n) is 8.73. The first-order chi connectivity index (χ1) is 12.2. The zero-order valence-corrected chi connectivity index (χ0v) is 14.6. The van der Waals surface area contributed by atoms with Crippen LogP contribution in [0.5, 0.6) is 0 Å². The van der Waals surface area contributed by atoms with E-state index in [1.54, 1.807) is 0 Å². The Balaban J connectivity index is 1.50. The second-order valence-electron chi connectivity index (χ2n) is 6.24. The van der Waals surface area contributed by atoms with Crippen LogP contribution in [0.2, 0.25) is 0 Å². The molecule has 0 saturated carbocycles. The fourth-order valence-electron chi connectivity index (χ4n) is 2.97. The molecule has 2 amide bonds. The fraction of sp³-hybridized carbons (Fsp3) is 0.350. The van der Waals surface area contributed by atoms with E-state index in [1.807, 2.05) is 42.5 Å². The van der Waals surface area contributed by atoms with Crippen LogP contribution in [0.25, 0.3) is 0 Å². The third-order valence-electron chi connectivity index (χ3n) is 4.54. The Bertz CT molecular complexity index is 667. The van der Waals surface area contributed by atoms with E-state index in [0.29, 0.717) is 12.6 Å². The lowest BCUT2D eigenvalue weighted by Gasteiger charge is -2.32.